The summed E-state index contributed by atoms with van der Waals surface area (Å²) in [5.74, 6) is 0.760. The minimum absolute atomic E-state index is 0.172. The fraction of sp³-hybridized carbons (Fsp3) is 0.200. The summed E-state index contributed by atoms with van der Waals surface area (Å²) in [7, 11) is 0. The number of aliphatic hydroxyl groups is 1. The molecule has 1 unspecified atom stereocenters. The predicted octanol–water partition coefficient (Wildman–Crippen LogP) is 2.45. The molecule has 1 aliphatic heterocycles. The van der Waals surface area contributed by atoms with E-state index in [4.69, 9.17) is 10.5 Å². The average Bonchev–Trinajstić information content (AvgIpc) is 3.06. The molecule has 1 saturated heterocycles. The highest BCUT2D eigenvalue weighted by Crippen LogP contribution is 2.34. The molecule has 1 aliphatic rings. The van der Waals surface area contributed by atoms with Gasteiger partial charge >= 0.3 is 0 Å². The van der Waals surface area contributed by atoms with Crippen LogP contribution in [0.2, 0.25) is 0 Å². The number of β-amino-alcohol motifs (C(OH)–C–C–N with tert-alkyl or cyclic N) is 1. The Labute approximate surface area is 150 Å². The van der Waals surface area contributed by atoms with Crippen molar-refractivity contribution in [1.29, 1.82) is 0 Å². The summed E-state index contributed by atoms with van der Waals surface area (Å²) in [5.41, 5.74) is 5.57. The van der Waals surface area contributed by atoms with Crippen molar-refractivity contribution in [3.05, 3.63) is 60.8 Å². The molecule has 1 fully saturated rings. The van der Waals surface area contributed by atoms with E-state index in [1.807, 2.05) is 59.5 Å². The molecular formula is C20H19N3O3. The molecule has 6 nitrogen and oxygen atoms in total. The van der Waals surface area contributed by atoms with Crippen LogP contribution < -0.4 is 15.4 Å². The monoisotopic (exact) mass is 349 g/mol. The van der Waals surface area contributed by atoms with Gasteiger partial charge in [0.2, 0.25) is 0 Å². The van der Waals surface area contributed by atoms with E-state index in [1.165, 1.54) is 0 Å². The molecule has 6 heteroatoms. The zero-order chi connectivity index (χ0) is 18.1. The molecule has 1 atom stereocenters. The first-order valence-electron chi connectivity index (χ1n) is 8.44. The Bertz CT molecular complexity index is 961. The van der Waals surface area contributed by atoms with E-state index in [0.717, 1.165) is 22.3 Å². The standard InChI is InChI=1S/C20H19N3O3/c21-19(24)20(25)9-11-23(13-20)18-8-10-22-17-7-6-15(12-16(17)18)26-14-4-2-1-3-5-14/h1-8,10,12,25H,9,11,13H2,(H2,21,24). The van der Waals surface area contributed by atoms with E-state index in [0.29, 0.717) is 18.7 Å². The predicted molar refractivity (Wildman–Crippen MR) is 99.2 cm³/mol. The number of primary amides is 1. The third kappa shape index (κ3) is 2.95. The summed E-state index contributed by atoms with van der Waals surface area (Å²) in [5, 5.41) is 11.3. The van der Waals surface area contributed by atoms with Crippen molar-refractivity contribution < 1.29 is 14.6 Å². The second kappa shape index (κ2) is 6.31. The maximum Gasteiger partial charge on any atom is 0.251 e. The highest BCUT2D eigenvalue weighted by atomic mass is 16.5. The van der Waals surface area contributed by atoms with Crippen molar-refractivity contribution in [2.45, 2.75) is 12.0 Å². The maximum absolute atomic E-state index is 11.5. The third-order valence-electron chi connectivity index (χ3n) is 4.72. The summed E-state index contributed by atoms with van der Waals surface area (Å²) in [6, 6.07) is 17.1. The van der Waals surface area contributed by atoms with Crippen molar-refractivity contribution >= 4 is 22.5 Å². The Morgan fingerprint density at radius 3 is 2.69 bits per heavy atom. The molecule has 0 saturated carbocycles. The van der Waals surface area contributed by atoms with Crippen LogP contribution in [0.4, 0.5) is 5.69 Å². The maximum atomic E-state index is 11.5. The number of carbonyl (C=O) groups excluding carboxylic acids is 1. The molecule has 0 spiro atoms. The molecule has 0 bridgehead atoms. The van der Waals surface area contributed by atoms with Crippen molar-refractivity contribution in [2.75, 3.05) is 18.0 Å². The molecule has 1 amide bonds. The molecule has 0 radical (unpaired) electrons. The first kappa shape index (κ1) is 16.4. The van der Waals surface area contributed by atoms with Gasteiger partial charge in [0.15, 0.2) is 5.60 Å². The largest absolute Gasteiger partial charge is 0.457 e. The second-order valence-electron chi connectivity index (χ2n) is 6.49. The van der Waals surface area contributed by atoms with Gasteiger partial charge in [-0.2, -0.15) is 0 Å². The van der Waals surface area contributed by atoms with Gasteiger partial charge in [0.25, 0.3) is 5.91 Å². The molecule has 0 aliphatic carbocycles. The van der Waals surface area contributed by atoms with Gasteiger partial charge in [-0.1, -0.05) is 18.2 Å². The zero-order valence-corrected chi connectivity index (χ0v) is 14.1. The van der Waals surface area contributed by atoms with E-state index < -0.39 is 11.5 Å². The Balaban J connectivity index is 1.69. The molecule has 2 heterocycles. The van der Waals surface area contributed by atoms with Crippen LogP contribution in [0, 0.1) is 0 Å². The molecule has 3 N–H and O–H groups in total. The second-order valence-corrected chi connectivity index (χ2v) is 6.49. The van der Waals surface area contributed by atoms with E-state index in [1.54, 1.807) is 6.20 Å². The summed E-state index contributed by atoms with van der Waals surface area (Å²) in [4.78, 5) is 17.9. The lowest BCUT2D eigenvalue weighted by molar-refractivity contribution is -0.134. The Hall–Kier alpha value is -3.12. The number of fused-ring (bicyclic) bond motifs is 1. The fourth-order valence-corrected chi connectivity index (χ4v) is 3.28. The number of anilines is 1. The van der Waals surface area contributed by atoms with Crippen LogP contribution >= 0.6 is 0 Å². The summed E-state index contributed by atoms with van der Waals surface area (Å²) in [6.07, 6.45) is 2.03. The number of benzene rings is 2. The van der Waals surface area contributed by atoms with Crippen LogP contribution in [0.5, 0.6) is 11.5 Å². The zero-order valence-electron chi connectivity index (χ0n) is 14.1. The normalized spacial score (nSPS) is 19.7. The van der Waals surface area contributed by atoms with Crippen LogP contribution in [0.1, 0.15) is 6.42 Å². The minimum atomic E-state index is -1.49. The lowest BCUT2D eigenvalue weighted by Gasteiger charge is -2.23. The van der Waals surface area contributed by atoms with Crippen LogP contribution in [-0.4, -0.2) is 34.7 Å². The van der Waals surface area contributed by atoms with Gasteiger partial charge in [-0.3, -0.25) is 9.78 Å². The number of rotatable bonds is 4. The Morgan fingerprint density at radius 2 is 1.96 bits per heavy atom. The molecule has 2 aromatic carbocycles. The number of pyridine rings is 1. The van der Waals surface area contributed by atoms with E-state index in [2.05, 4.69) is 4.98 Å². The lowest BCUT2D eigenvalue weighted by atomic mass is 10.0. The van der Waals surface area contributed by atoms with Gasteiger partial charge in [-0.25, -0.2) is 0 Å². The number of hydrogen-bond acceptors (Lipinski definition) is 5. The number of carbonyl (C=O) groups is 1. The summed E-state index contributed by atoms with van der Waals surface area (Å²) in [6.45, 7) is 0.716. The quantitative estimate of drug-likeness (QED) is 0.755. The number of aromatic nitrogens is 1. The number of nitrogens with zero attached hydrogens (tertiary/aromatic N) is 2. The van der Waals surface area contributed by atoms with Gasteiger partial charge < -0.3 is 20.5 Å². The molecular weight excluding hydrogens is 330 g/mol. The third-order valence-corrected chi connectivity index (χ3v) is 4.72. The minimum Gasteiger partial charge on any atom is -0.457 e. The molecule has 26 heavy (non-hydrogen) atoms. The highest BCUT2D eigenvalue weighted by Gasteiger charge is 2.41. The van der Waals surface area contributed by atoms with Crippen LogP contribution in [-0.2, 0) is 4.79 Å². The van der Waals surface area contributed by atoms with Crippen LogP contribution in [0.15, 0.2) is 60.8 Å². The van der Waals surface area contributed by atoms with Gasteiger partial charge in [-0.05, 0) is 36.4 Å². The molecule has 4 rings (SSSR count). The van der Waals surface area contributed by atoms with E-state index in [-0.39, 0.29) is 6.54 Å². The number of nitrogens with two attached hydrogens (primary N) is 1. The number of hydrogen-bond donors (Lipinski definition) is 2. The van der Waals surface area contributed by atoms with Gasteiger partial charge in [0.05, 0.1) is 12.1 Å². The van der Waals surface area contributed by atoms with E-state index in [9.17, 15) is 9.90 Å². The first-order chi connectivity index (χ1) is 12.5. The van der Waals surface area contributed by atoms with Crippen molar-refractivity contribution in [2.24, 2.45) is 5.73 Å². The van der Waals surface area contributed by atoms with Crippen molar-refractivity contribution in [1.82, 2.24) is 4.98 Å². The summed E-state index contributed by atoms with van der Waals surface area (Å²) < 4.78 is 5.91. The Morgan fingerprint density at radius 1 is 1.15 bits per heavy atom. The van der Waals surface area contributed by atoms with Crippen LogP contribution in [0.25, 0.3) is 10.9 Å². The van der Waals surface area contributed by atoms with Crippen molar-refractivity contribution in [3.8, 4) is 11.5 Å². The van der Waals surface area contributed by atoms with Crippen LogP contribution in [0.3, 0.4) is 0 Å². The fourth-order valence-electron chi connectivity index (χ4n) is 3.28. The number of ether oxygens (including phenoxy) is 1. The van der Waals surface area contributed by atoms with Gasteiger partial charge in [-0.15, -0.1) is 0 Å². The number of amides is 1. The Kier molecular flexibility index (Phi) is 3.97. The topological polar surface area (TPSA) is 88.7 Å². The summed E-state index contributed by atoms with van der Waals surface area (Å²) >= 11 is 0. The lowest BCUT2D eigenvalue weighted by Crippen LogP contribution is -2.46. The SMILES string of the molecule is NC(=O)C1(O)CCN(c2ccnc3ccc(Oc4ccccc4)cc23)C1. The van der Waals surface area contributed by atoms with E-state index >= 15 is 0 Å². The molecule has 132 valence electrons. The molecule has 3 aromatic rings. The molecule has 1 aromatic heterocycles. The van der Waals surface area contributed by atoms with Gasteiger partial charge in [0, 0.05) is 30.2 Å². The highest BCUT2D eigenvalue weighted by molar-refractivity contribution is 5.93. The first-order valence-corrected chi connectivity index (χ1v) is 8.44. The van der Waals surface area contributed by atoms with Gasteiger partial charge in [0.1, 0.15) is 11.5 Å². The van der Waals surface area contributed by atoms with Crippen molar-refractivity contribution in [3.63, 3.8) is 0 Å². The smallest absolute Gasteiger partial charge is 0.251 e. The average molecular weight is 349 g/mol. The number of para-hydroxylation sites is 1.